The number of hydrogen-bond donors (Lipinski definition) is 3. The largest absolute Gasteiger partial charge is 0.496 e. The van der Waals surface area contributed by atoms with Crippen LogP contribution in [0.4, 0.5) is 0 Å². The van der Waals surface area contributed by atoms with Crippen LogP contribution in [0.1, 0.15) is 5.56 Å². The molecule has 0 saturated heterocycles. The topological polar surface area (TPSA) is 91.8 Å². The molecule has 10 heteroatoms. The standard InChI is InChI=1S/C19H25ClN4O3S.HI/c1-21-19(22-11-10-15-6-3-4-9-18(15)27-2)23-12-13-24-28(25,26)17-8-5-7-16(20)14-17;/h3-9,14,24H,10-13H2,1-2H3,(H2,21,22,23);1H. The third kappa shape index (κ3) is 8.37. The van der Waals surface area contributed by atoms with E-state index in [1.54, 1.807) is 26.3 Å². The highest BCUT2D eigenvalue weighted by Gasteiger charge is 2.13. The van der Waals surface area contributed by atoms with Gasteiger partial charge in [0.1, 0.15) is 5.75 Å². The van der Waals surface area contributed by atoms with Gasteiger partial charge in [0.2, 0.25) is 10.0 Å². The lowest BCUT2D eigenvalue weighted by molar-refractivity contribution is 0.409. The number of nitrogens with one attached hydrogen (secondary N) is 3. The minimum atomic E-state index is -3.60. The second-order valence-electron chi connectivity index (χ2n) is 5.84. The van der Waals surface area contributed by atoms with E-state index in [1.165, 1.54) is 12.1 Å². The molecule has 0 unspecified atom stereocenters. The van der Waals surface area contributed by atoms with E-state index in [1.807, 2.05) is 24.3 Å². The lowest BCUT2D eigenvalue weighted by atomic mass is 10.1. The Morgan fingerprint density at radius 3 is 2.48 bits per heavy atom. The van der Waals surface area contributed by atoms with Crippen molar-refractivity contribution in [2.75, 3.05) is 33.8 Å². The minimum Gasteiger partial charge on any atom is -0.496 e. The summed E-state index contributed by atoms with van der Waals surface area (Å²) >= 11 is 5.85. The Hall–Kier alpha value is -1.56. The van der Waals surface area contributed by atoms with Gasteiger partial charge in [-0.05, 0) is 36.2 Å². The van der Waals surface area contributed by atoms with Gasteiger partial charge in [-0.1, -0.05) is 35.9 Å². The molecular formula is C19H26ClIN4O3S. The summed E-state index contributed by atoms with van der Waals surface area (Å²) in [4.78, 5) is 4.27. The highest BCUT2D eigenvalue weighted by molar-refractivity contribution is 14.0. The van der Waals surface area contributed by atoms with Crippen molar-refractivity contribution in [2.45, 2.75) is 11.3 Å². The Morgan fingerprint density at radius 1 is 1.07 bits per heavy atom. The van der Waals surface area contributed by atoms with Gasteiger partial charge in [0.05, 0.1) is 12.0 Å². The van der Waals surface area contributed by atoms with Crippen LogP contribution >= 0.6 is 35.6 Å². The van der Waals surface area contributed by atoms with E-state index in [2.05, 4.69) is 20.3 Å². The molecule has 0 saturated carbocycles. The number of rotatable bonds is 9. The van der Waals surface area contributed by atoms with Gasteiger partial charge in [-0.25, -0.2) is 13.1 Å². The van der Waals surface area contributed by atoms with Gasteiger partial charge in [0, 0.05) is 31.7 Å². The number of benzene rings is 2. The van der Waals surface area contributed by atoms with Gasteiger partial charge in [-0.3, -0.25) is 4.99 Å². The maximum Gasteiger partial charge on any atom is 0.240 e. The van der Waals surface area contributed by atoms with E-state index < -0.39 is 10.0 Å². The molecule has 0 aliphatic rings. The summed E-state index contributed by atoms with van der Waals surface area (Å²) in [6.07, 6.45) is 0.770. The SMILES string of the molecule is CN=C(NCCNS(=O)(=O)c1cccc(Cl)c1)NCCc1ccccc1OC.I. The third-order valence-electron chi connectivity index (χ3n) is 3.92. The Kier molecular flexibility index (Phi) is 11.3. The van der Waals surface area contributed by atoms with E-state index in [0.717, 1.165) is 17.7 Å². The summed E-state index contributed by atoms with van der Waals surface area (Å²) in [6, 6.07) is 14.0. The summed E-state index contributed by atoms with van der Waals surface area (Å²) in [5, 5.41) is 6.64. The monoisotopic (exact) mass is 552 g/mol. The van der Waals surface area contributed by atoms with Crippen LogP contribution in [0.5, 0.6) is 5.75 Å². The van der Waals surface area contributed by atoms with Crippen molar-refractivity contribution in [3.63, 3.8) is 0 Å². The van der Waals surface area contributed by atoms with Crippen LogP contribution in [0.3, 0.4) is 0 Å². The average molecular weight is 553 g/mol. The molecular weight excluding hydrogens is 527 g/mol. The van der Waals surface area contributed by atoms with Crippen molar-refractivity contribution in [1.29, 1.82) is 0 Å². The van der Waals surface area contributed by atoms with E-state index in [4.69, 9.17) is 16.3 Å². The van der Waals surface area contributed by atoms with E-state index >= 15 is 0 Å². The highest BCUT2D eigenvalue weighted by Crippen LogP contribution is 2.17. The molecule has 0 heterocycles. The fraction of sp³-hybridized carbons (Fsp3) is 0.316. The fourth-order valence-corrected chi connectivity index (χ4v) is 3.86. The first-order valence-corrected chi connectivity index (χ1v) is 10.6. The van der Waals surface area contributed by atoms with Crippen LogP contribution in [0.15, 0.2) is 58.4 Å². The zero-order valence-electron chi connectivity index (χ0n) is 16.3. The van der Waals surface area contributed by atoms with Gasteiger partial charge >= 0.3 is 0 Å². The van der Waals surface area contributed by atoms with Gasteiger partial charge in [-0.2, -0.15) is 0 Å². The number of sulfonamides is 1. The number of guanidine groups is 1. The van der Waals surface area contributed by atoms with Gasteiger partial charge in [-0.15, -0.1) is 24.0 Å². The van der Waals surface area contributed by atoms with Crippen LogP contribution in [0, 0.1) is 0 Å². The van der Waals surface area contributed by atoms with Crippen molar-refractivity contribution in [3.05, 3.63) is 59.1 Å². The number of hydrogen-bond acceptors (Lipinski definition) is 4. The number of ether oxygens (including phenoxy) is 1. The molecule has 29 heavy (non-hydrogen) atoms. The molecule has 2 aromatic rings. The Morgan fingerprint density at radius 2 is 1.79 bits per heavy atom. The zero-order valence-corrected chi connectivity index (χ0v) is 20.2. The fourth-order valence-electron chi connectivity index (χ4n) is 2.53. The van der Waals surface area contributed by atoms with Crippen molar-refractivity contribution in [3.8, 4) is 5.75 Å². The predicted octanol–water partition coefficient (Wildman–Crippen LogP) is 2.65. The van der Waals surface area contributed by atoms with E-state index in [9.17, 15) is 8.42 Å². The summed E-state index contributed by atoms with van der Waals surface area (Å²) in [7, 11) is -0.285. The minimum absolute atomic E-state index is 0. The maximum absolute atomic E-state index is 12.2. The molecule has 2 rings (SSSR count). The van der Waals surface area contributed by atoms with Crippen LogP contribution in [-0.4, -0.2) is 48.2 Å². The number of nitrogens with zero attached hydrogens (tertiary/aromatic N) is 1. The van der Waals surface area contributed by atoms with Crippen LogP contribution < -0.4 is 20.1 Å². The first kappa shape index (κ1) is 25.5. The number of aliphatic imine (C=N–C) groups is 1. The molecule has 3 N–H and O–H groups in total. The molecule has 2 aromatic carbocycles. The maximum atomic E-state index is 12.2. The smallest absolute Gasteiger partial charge is 0.240 e. The lowest BCUT2D eigenvalue weighted by Gasteiger charge is -2.13. The molecule has 7 nitrogen and oxygen atoms in total. The molecule has 0 fully saturated rings. The first-order chi connectivity index (χ1) is 13.5. The van der Waals surface area contributed by atoms with Gasteiger partial charge in [0.25, 0.3) is 0 Å². The summed E-state index contributed by atoms with van der Waals surface area (Å²) in [5.41, 5.74) is 1.10. The van der Waals surface area contributed by atoms with E-state index in [-0.39, 0.29) is 35.4 Å². The van der Waals surface area contributed by atoms with Crippen molar-refractivity contribution < 1.29 is 13.2 Å². The molecule has 0 atom stereocenters. The van der Waals surface area contributed by atoms with Gasteiger partial charge < -0.3 is 15.4 Å². The van der Waals surface area contributed by atoms with Gasteiger partial charge in [0.15, 0.2) is 5.96 Å². The number of methoxy groups -OCH3 is 1. The van der Waals surface area contributed by atoms with E-state index in [0.29, 0.717) is 24.1 Å². The number of halogens is 2. The van der Waals surface area contributed by atoms with Crippen LogP contribution in [0.2, 0.25) is 5.02 Å². The summed E-state index contributed by atoms with van der Waals surface area (Å²) in [5.74, 6) is 1.44. The molecule has 0 bridgehead atoms. The Bertz CT molecular complexity index is 910. The average Bonchev–Trinajstić information content (AvgIpc) is 2.70. The van der Waals surface area contributed by atoms with Crippen LogP contribution in [-0.2, 0) is 16.4 Å². The summed E-state index contributed by atoms with van der Waals surface area (Å²) < 4.78 is 32.3. The molecule has 0 radical (unpaired) electrons. The zero-order chi connectivity index (χ0) is 20.4. The molecule has 0 spiro atoms. The van der Waals surface area contributed by atoms with Crippen LogP contribution in [0.25, 0.3) is 0 Å². The third-order valence-corrected chi connectivity index (χ3v) is 5.61. The molecule has 0 aliphatic carbocycles. The summed E-state index contributed by atoms with van der Waals surface area (Å²) in [6.45, 7) is 1.25. The predicted molar refractivity (Wildman–Crippen MR) is 128 cm³/mol. The Balaban J connectivity index is 0.00000420. The molecule has 0 amide bonds. The van der Waals surface area contributed by atoms with Crippen molar-refractivity contribution in [1.82, 2.24) is 15.4 Å². The quantitative estimate of drug-likeness (QED) is 0.193. The molecule has 160 valence electrons. The normalized spacial score (nSPS) is 11.5. The highest BCUT2D eigenvalue weighted by atomic mass is 127. The second-order valence-corrected chi connectivity index (χ2v) is 8.05. The lowest BCUT2D eigenvalue weighted by Crippen LogP contribution is -2.42. The molecule has 0 aliphatic heterocycles. The first-order valence-electron chi connectivity index (χ1n) is 8.78. The van der Waals surface area contributed by atoms with Crippen molar-refractivity contribution >= 4 is 51.6 Å². The second kappa shape index (κ2) is 12.9. The number of para-hydroxylation sites is 1. The van der Waals surface area contributed by atoms with Crippen molar-refractivity contribution in [2.24, 2.45) is 4.99 Å². The molecule has 0 aromatic heterocycles. The Labute approximate surface area is 194 Å².